The van der Waals surface area contributed by atoms with Crippen LogP contribution >= 0.6 is 0 Å². The van der Waals surface area contributed by atoms with Crippen LogP contribution in [0, 0.1) is 5.82 Å². The maximum absolute atomic E-state index is 13.3. The molecular formula is C20H20FN3O5. The fourth-order valence-electron chi connectivity index (χ4n) is 2.99. The second-order valence-corrected chi connectivity index (χ2v) is 6.27. The fourth-order valence-corrected chi connectivity index (χ4v) is 2.99. The third-order valence-corrected chi connectivity index (χ3v) is 4.40. The number of ether oxygens (including phenoxy) is 2. The van der Waals surface area contributed by atoms with Gasteiger partial charge in [-0.05, 0) is 35.9 Å². The predicted molar refractivity (Wildman–Crippen MR) is 105 cm³/mol. The van der Waals surface area contributed by atoms with Gasteiger partial charge in [-0.1, -0.05) is 0 Å². The van der Waals surface area contributed by atoms with E-state index in [1.54, 1.807) is 30.5 Å². The van der Waals surface area contributed by atoms with Gasteiger partial charge in [-0.25, -0.2) is 14.0 Å². The summed E-state index contributed by atoms with van der Waals surface area (Å²) in [6.07, 6.45) is 1.63. The summed E-state index contributed by atoms with van der Waals surface area (Å²) < 4.78 is 23.6. The van der Waals surface area contributed by atoms with Crippen molar-refractivity contribution in [1.29, 1.82) is 0 Å². The number of carboxylic acids is 1. The number of carboxylic acid groups (broad SMARTS) is 1. The standard InChI is InChI=1S/C20H20FN3O5/c1-28-17-6-4-13(9-18(17)29-2)23-20(27)24-16(19(25)26)7-11-10-22-15-8-12(21)3-5-14(11)15/h3-6,8-10,16,22H,7H2,1-2H3,(H,25,26)(H2,23,24,27)/t16-/m1/s1. The highest BCUT2D eigenvalue weighted by Crippen LogP contribution is 2.29. The lowest BCUT2D eigenvalue weighted by Crippen LogP contribution is -2.44. The first-order valence-corrected chi connectivity index (χ1v) is 8.69. The first kappa shape index (κ1) is 20.0. The Morgan fingerprint density at radius 2 is 1.90 bits per heavy atom. The molecule has 1 aromatic heterocycles. The number of carbonyl (C=O) groups is 2. The van der Waals surface area contributed by atoms with Crippen molar-refractivity contribution < 1.29 is 28.6 Å². The number of nitrogens with one attached hydrogen (secondary N) is 3. The molecule has 2 aromatic carbocycles. The van der Waals surface area contributed by atoms with Crippen LogP contribution in [-0.4, -0.2) is 42.4 Å². The van der Waals surface area contributed by atoms with E-state index in [9.17, 15) is 19.1 Å². The third kappa shape index (κ3) is 4.57. The molecule has 0 fully saturated rings. The summed E-state index contributed by atoms with van der Waals surface area (Å²) in [6.45, 7) is 0. The van der Waals surface area contributed by atoms with Crippen LogP contribution in [0.25, 0.3) is 10.9 Å². The average Bonchev–Trinajstić information content (AvgIpc) is 3.08. The number of amides is 2. The zero-order chi connectivity index (χ0) is 21.0. The van der Waals surface area contributed by atoms with Gasteiger partial charge in [0.05, 0.1) is 14.2 Å². The number of urea groups is 1. The van der Waals surface area contributed by atoms with Crippen LogP contribution in [0.15, 0.2) is 42.6 Å². The molecule has 0 saturated heterocycles. The van der Waals surface area contributed by atoms with Gasteiger partial charge in [-0.3, -0.25) is 0 Å². The Hall–Kier alpha value is -3.75. The van der Waals surface area contributed by atoms with Gasteiger partial charge in [0.1, 0.15) is 11.9 Å². The maximum atomic E-state index is 13.3. The van der Waals surface area contributed by atoms with Gasteiger partial charge in [-0.15, -0.1) is 0 Å². The molecule has 29 heavy (non-hydrogen) atoms. The number of rotatable bonds is 7. The molecule has 0 radical (unpaired) electrons. The van der Waals surface area contributed by atoms with Gasteiger partial charge in [0.15, 0.2) is 11.5 Å². The van der Waals surface area contributed by atoms with Crippen LogP contribution in [0.4, 0.5) is 14.9 Å². The van der Waals surface area contributed by atoms with E-state index in [-0.39, 0.29) is 6.42 Å². The SMILES string of the molecule is COc1ccc(NC(=O)N[C@H](Cc2c[nH]c3cc(F)ccc23)C(=O)O)cc1OC. The number of carbonyl (C=O) groups excluding carboxylic acids is 1. The number of aliphatic carboxylic acids is 1. The van der Waals surface area contributed by atoms with Crippen molar-refractivity contribution >= 4 is 28.6 Å². The van der Waals surface area contributed by atoms with E-state index in [1.807, 2.05) is 0 Å². The number of benzene rings is 2. The molecule has 1 atom stereocenters. The summed E-state index contributed by atoms with van der Waals surface area (Å²) >= 11 is 0. The van der Waals surface area contributed by atoms with Crippen molar-refractivity contribution in [3.8, 4) is 11.5 Å². The normalized spacial score (nSPS) is 11.7. The molecule has 2 amide bonds. The Labute approximate surface area is 165 Å². The summed E-state index contributed by atoms with van der Waals surface area (Å²) in [4.78, 5) is 26.8. The van der Waals surface area contributed by atoms with Crippen LogP contribution in [-0.2, 0) is 11.2 Å². The molecule has 1 heterocycles. The van der Waals surface area contributed by atoms with Crippen LogP contribution < -0.4 is 20.1 Å². The molecule has 4 N–H and O–H groups in total. The Morgan fingerprint density at radius 1 is 1.14 bits per heavy atom. The lowest BCUT2D eigenvalue weighted by atomic mass is 10.1. The summed E-state index contributed by atoms with van der Waals surface area (Å²) in [6, 6.07) is 7.11. The largest absolute Gasteiger partial charge is 0.493 e. The van der Waals surface area contributed by atoms with Crippen molar-refractivity contribution in [2.75, 3.05) is 19.5 Å². The average molecular weight is 401 g/mol. The fraction of sp³-hybridized carbons (Fsp3) is 0.200. The number of fused-ring (bicyclic) bond motifs is 1. The van der Waals surface area contributed by atoms with Crippen LogP contribution in [0.2, 0.25) is 0 Å². The van der Waals surface area contributed by atoms with E-state index < -0.39 is 23.9 Å². The van der Waals surface area contributed by atoms with E-state index in [1.165, 1.54) is 26.4 Å². The maximum Gasteiger partial charge on any atom is 0.326 e. The summed E-state index contributed by atoms with van der Waals surface area (Å²) in [5.41, 5.74) is 1.62. The van der Waals surface area contributed by atoms with E-state index in [0.29, 0.717) is 33.7 Å². The van der Waals surface area contributed by atoms with Crippen LogP contribution in [0.3, 0.4) is 0 Å². The number of H-pyrrole nitrogens is 1. The Balaban J connectivity index is 1.71. The van der Waals surface area contributed by atoms with Gasteiger partial charge in [-0.2, -0.15) is 0 Å². The molecule has 8 nitrogen and oxygen atoms in total. The number of aromatic nitrogens is 1. The number of methoxy groups -OCH3 is 2. The molecule has 0 saturated carbocycles. The molecule has 0 bridgehead atoms. The molecule has 3 aromatic rings. The number of hydrogen-bond acceptors (Lipinski definition) is 4. The highest BCUT2D eigenvalue weighted by atomic mass is 19.1. The Bertz CT molecular complexity index is 1050. The van der Waals surface area contributed by atoms with E-state index in [4.69, 9.17) is 9.47 Å². The Kier molecular flexibility index (Phi) is 5.87. The first-order valence-electron chi connectivity index (χ1n) is 8.69. The zero-order valence-corrected chi connectivity index (χ0v) is 15.8. The molecule has 0 aliphatic carbocycles. The van der Waals surface area contributed by atoms with Gasteiger partial charge in [0.2, 0.25) is 0 Å². The molecule has 152 valence electrons. The van der Waals surface area contributed by atoms with Crippen LogP contribution in [0.5, 0.6) is 11.5 Å². The number of anilines is 1. The molecular weight excluding hydrogens is 381 g/mol. The second-order valence-electron chi connectivity index (χ2n) is 6.27. The molecule has 9 heteroatoms. The van der Waals surface area contributed by atoms with Crippen molar-refractivity contribution in [3.63, 3.8) is 0 Å². The summed E-state index contributed by atoms with van der Waals surface area (Å²) in [5.74, 6) is -0.666. The monoisotopic (exact) mass is 401 g/mol. The van der Waals surface area contributed by atoms with E-state index in [2.05, 4.69) is 15.6 Å². The summed E-state index contributed by atoms with van der Waals surface area (Å²) in [7, 11) is 2.96. The topological polar surface area (TPSA) is 113 Å². The highest BCUT2D eigenvalue weighted by Gasteiger charge is 2.22. The molecule has 0 unspecified atom stereocenters. The van der Waals surface area contributed by atoms with E-state index in [0.717, 1.165) is 0 Å². The molecule has 0 aliphatic rings. The number of hydrogen-bond donors (Lipinski definition) is 4. The first-order chi connectivity index (χ1) is 13.9. The Morgan fingerprint density at radius 3 is 2.59 bits per heavy atom. The van der Waals surface area contributed by atoms with Gasteiger partial charge in [0, 0.05) is 35.3 Å². The number of halogens is 1. The molecule has 3 rings (SSSR count). The van der Waals surface area contributed by atoms with Crippen molar-refractivity contribution in [2.24, 2.45) is 0 Å². The third-order valence-electron chi connectivity index (χ3n) is 4.40. The quantitative estimate of drug-likeness (QED) is 0.486. The minimum Gasteiger partial charge on any atom is -0.493 e. The van der Waals surface area contributed by atoms with Gasteiger partial charge >= 0.3 is 12.0 Å². The molecule has 0 spiro atoms. The van der Waals surface area contributed by atoms with Gasteiger partial charge in [0.25, 0.3) is 0 Å². The van der Waals surface area contributed by atoms with E-state index >= 15 is 0 Å². The zero-order valence-electron chi connectivity index (χ0n) is 15.8. The lowest BCUT2D eigenvalue weighted by molar-refractivity contribution is -0.139. The smallest absolute Gasteiger partial charge is 0.326 e. The number of aromatic amines is 1. The second kappa shape index (κ2) is 8.51. The highest BCUT2D eigenvalue weighted by molar-refractivity contribution is 5.93. The molecule has 0 aliphatic heterocycles. The lowest BCUT2D eigenvalue weighted by Gasteiger charge is -2.16. The van der Waals surface area contributed by atoms with Gasteiger partial charge < -0.3 is 30.2 Å². The van der Waals surface area contributed by atoms with Crippen molar-refractivity contribution in [1.82, 2.24) is 10.3 Å². The van der Waals surface area contributed by atoms with Crippen molar-refractivity contribution in [3.05, 3.63) is 54.0 Å². The minimum atomic E-state index is -1.19. The van der Waals surface area contributed by atoms with Crippen molar-refractivity contribution in [2.45, 2.75) is 12.5 Å². The predicted octanol–water partition coefficient (Wildman–Crippen LogP) is 3.14. The summed E-state index contributed by atoms with van der Waals surface area (Å²) in [5, 5.41) is 15.2. The van der Waals surface area contributed by atoms with Crippen LogP contribution in [0.1, 0.15) is 5.56 Å². The minimum absolute atomic E-state index is 0.0281.